The monoisotopic (exact) mass is 572 g/mol. The molecule has 0 fully saturated rings. The van der Waals surface area contributed by atoms with Gasteiger partial charge in [-0.05, 0) is 95.9 Å². The Morgan fingerprint density at radius 1 is 0.341 bits per heavy atom. The summed E-state index contributed by atoms with van der Waals surface area (Å²) < 4.78 is 0. The first-order chi connectivity index (χ1) is 20.2. The first kappa shape index (κ1) is 29.5. The lowest BCUT2D eigenvalue weighted by molar-refractivity contribution is 1.15. The maximum Gasteiger partial charge on any atom is 0.00142 e. The zero-order valence-corrected chi connectivity index (χ0v) is 26.8. The van der Waals surface area contributed by atoms with Gasteiger partial charge in [0.15, 0.2) is 0 Å². The van der Waals surface area contributed by atoms with Crippen LogP contribution in [0.4, 0.5) is 0 Å². The Hall–Kier alpha value is -3.04. The van der Waals surface area contributed by atoms with Crippen molar-refractivity contribution in [3.63, 3.8) is 0 Å². The van der Waals surface area contributed by atoms with Crippen LogP contribution in [0.3, 0.4) is 0 Å². The number of aryl methyl sites for hydroxylation is 4. The van der Waals surface area contributed by atoms with Gasteiger partial charge in [0.25, 0.3) is 0 Å². The van der Waals surface area contributed by atoms with Crippen molar-refractivity contribution in [1.29, 1.82) is 0 Å². The first-order valence-electron chi connectivity index (χ1n) is 15.2. The van der Waals surface area contributed by atoms with E-state index in [0.717, 1.165) is 31.8 Å². The summed E-state index contributed by atoms with van der Waals surface area (Å²) in [5.74, 6) is 0. The molecule has 0 bridgehead atoms. The molecule has 0 aliphatic carbocycles. The topological polar surface area (TPSA) is 0 Å². The van der Waals surface area contributed by atoms with Crippen molar-refractivity contribution in [3.8, 4) is 0 Å². The summed E-state index contributed by atoms with van der Waals surface area (Å²) in [6.07, 6.45) is 5.27. The van der Waals surface area contributed by atoms with E-state index in [4.69, 9.17) is 0 Å². The predicted molar refractivity (Wildman–Crippen MR) is 185 cm³/mol. The third-order valence-electron chi connectivity index (χ3n) is 8.11. The highest BCUT2D eigenvalue weighted by Crippen LogP contribution is 2.43. The fourth-order valence-electron chi connectivity index (χ4n) is 5.92. The second kappa shape index (κ2) is 14.2. The fourth-order valence-corrected chi connectivity index (χ4v) is 11.9. The van der Waals surface area contributed by atoms with Crippen LogP contribution in [0.2, 0.25) is 0 Å². The Morgan fingerprint density at radius 2 is 0.610 bits per heavy atom. The molecule has 41 heavy (non-hydrogen) atoms. The van der Waals surface area contributed by atoms with Crippen LogP contribution in [0, 0.1) is 0 Å². The molecule has 5 aromatic carbocycles. The Balaban J connectivity index is 1.73. The molecular weight excluding hydrogens is 530 g/mol. The van der Waals surface area contributed by atoms with Crippen LogP contribution in [0.25, 0.3) is 0 Å². The lowest BCUT2D eigenvalue weighted by Gasteiger charge is -2.29. The summed E-state index contributed by atoms with van der Waals surface area (Å²) in [6.45, 7) is 9.20. The molecule has 0 radical (unpaired) electrons. The van der Waals surface area contributed by atoms with Gasteiger partial charge in [-0.15, -0.1) is 0 Å². The second-order valence-electron chi connectivity index (χ2n) is 10.5. The molecule has 5 rings (SSSR count). The van der Waals surface area contributed by atoms with Gasteiger partial charge in [-0.2, -0.15) is 0 Å². The van der Waals surface area contributed by atoms with Crippen LogP contribution < -0.4 is 26.5 Å². The van der Waals surface area contributed by atoms with Crippen LogP contribution in [-0.4, -0.2) is 0 Å². The van der Waals surface area contributed by atoms with E-state index in [0.29, 0.717) is 0 Å². The Bertz CT molecular complexity index is 1490. The number of rotatable bonds is 11. The zero-order chi connectivity index (χ0) is 28.6. The van der Waals surface area contributed by atoms with Crippen LogP contribution in [0.5, 0.6) is 0 Å². The molecule has 5 aromatic rings. The van der Waals surface area contributed by atoms with E-state index < -0.39 is 15.8 Å². The summed E-state index contributed by atoms with van der Waals surface area (Å²) in [5.41, 5.74) is 7.40. The normalized spacial score (nSPS) is 11.4. The van der Waals surface area contributed by atoms with Crippen molar-refractivity contribution < 1.29 is 0 Å². The average Bonchev–Trinajstić information content (AvgIpc) is 3.04. The molecule has 0 saturated heterocycles. The Kier molecular flexibility index (Phi) is 10.2. The summed E-state index contributed by atoms with van der Waals surface area (Å²) in [5, 5.41) is 7.59. The molecule has 0 unspecified atom stereocenters. The third-order valence-corrected chi connectivity index (χ3v) is 13.6. The minimum Gasteiger partial charge on any atom is -0.0619 e. The first-order valence-corrected chi connectivity index (χ1v) is 18.0. The SMILES string of the molecule is CCc1ccccc1P(Cc1ccccc1P(c1ccccc1CC)c1ccccc1CC)c1ccccc1CC. The van der Waals surface area contributed by atoms with E-state index in [9.17, 15) is 0 Å². The van der Waals surface area contributed by atoms with Gasteiger partial charge in [-0.3, -0.25) is 0 Å². The standard InChI is InChI=1S/C39H42P2/c1-5-30-19-9-14-24-35(30)40(36-25-15-10-20-31(36)6-2)29-34-23-13-18-28-39(34)41(37-26-16-11-21-32(37)7-3)38-27-17-12-22-33(38)8-4/h9-28H,5-8,29H2,1-4H3. The largest absolute Gasteiger partial charge is 0.0619 e. The van der Waals surface area contributed by atoms with E-state index in [1.807, 2.05) is 0 Å². The maximum absolute atomic E-state index is 2.44. The van der Waals surface area contributed by atoms with Gasteiger partial charge >= 0.3 is 0 Å². The summed E-state index contributed by atoms with van der Waals surface area (Å²) in [7, 11) is -1.27. The van der Waals surface area contributed by atoms with Crippen LogP contribution in [0.15, 0.2) is 121 Å². The molecule has 0 spiro atoms. The van der Waals surface area contributed by atoms with Crippen molar-refractivity contribution in [2.45, 2.75) is 59.5 Å². The highest BCUT2D eigenvalue weighted by atomic mass is 31.1. The number of benzene rings is 5. The number of hydrogen-bond acceptors (Lipinski definition) is 0. The molecule has 0 heterocycles. The average molecular weight is 573 g/mol. The van der Waals surface area contributed by atoms with E-state index >= 15 is 0 Å². The molecular formula is C39H42P2. The van der Waals surface area contributed by atoms with Gasteiger partial charge in [0, 0.05) is 6.16 Å². The molecule has 0 amide bonds. The van der Waals surface area contributed by atoms with E-state index in [-0.39, 0.29) is 0 Å². The van der Waals surface area contributed by atoms with E-state index in [2.05, 4.69) is 149 Å². The van der Waals surface area contributed by atoms with Gasteiger partial charge in [-0.25, -0.2) is 0 Å². The van der Waals surface area contributed by atoms with Crippen LogP contribution in [0.1, 0.15) is 55.5 Å². The van der Waals surface area contributed by atoms with Gasteiger partial charge < -0.3 is 0 Å². The lowest BCUT2D eigenvalue weighted by atomic mass is 10.2. The van der Waals surface area contributed by atoms with Crippen LogP contribution in [-0.2, 0) is 31.8 Å². The molecule has 0 saturated carbocycles. The van der Waals surface area contributed by atoms with Gasteiger partial charge in [0.2, 0.25) is 0 Å². The molecule has 2 heteroatoms. The highest BCUT2D eigenvalue weighted by Gasteiger charge is 2.26. The maximum atomic E-state index is 2.44. The molecule has 0 atom stereocenters. The smallest absolute Gasteiger partial charge is 0.00142 e. The molecule has 208 valence electrons. The van der Waals surface area contributed by atoms with E-state index in [1.54, 1.807) is 0 Å². The molecule has 0 aliphatic rings. The number of hydrogen-bond donors (Lipinski definition) is 0. The highest BCUT2D eigenvalue weighted by molar-refractivity contribution is 7.80. The van der Waals surface area contributed by atoms with Crippen molar-refractivity contribution in [1.82, 2.24) is 0 Å². The van der Waals surface area contributed by atoms with Crippen molar-refractivity contribution >= 4 is 42.4 Å². The molecule has 0 aromatic heterocycles. The van der Waals surface area contributed by atoms with Crippen LogP contribution >= 0.6 is 15.8 Å². The van der Waals surface area contributed by atoms with Gasteiger partial charge in [-0.1, -0.05) is 149 Å². The van der Waals surface area contributed by atoms with Crippen molar-refractivity contribution in [2.75, 3.05) is 0 Å². The quantitative estimate of drug-likeness (QED) is 0.140. The molecule has 0 N–H and O–H groups in total. The zero-order valence-electron chi connectivity index (χ0n) is 25.0. The molecule has 0 aliphatic heterocycles. The minimum atomic E-state index is -0.701. The van der Waals surface area contributed by atoms with Gasteiger partial charge in [0.1, 0.15) is 0 Å². The Labute approximate surface area is 250 Å². The Morgan fingerprint density at radius 3 is 0.976 bits per heavy atom. The minimum absolute atomic E-state index is 0.571. The lowest BCUT2D eigenvalue weighted by Crippen LogP contribution is -2.28. The summed E-state index contributed by atoms with van der Waals surface area (Å²) >= 11 is 0. The molecule has 0 nitrogen and oxygen atoms in total. The summed E-state index contributed by atoms with van der Waals surface area (Å²) in [4.78, 5) is 0. The fraction of sp³-hybridized carbons (Fsp3) is 0.231. The third kappa shape index (κ3) is 6.41. The van der Waals surface area contributed by atoms with Crippen molar-refractivity contribution in [2.24, 2.45) is 0 Å². The summed E-state index contributed by atoms with van der Waals surface area (Å²) in [6, 6.07) is 46.1. The van der Waals surface area contributed by atoms with Crippen molar-refractivity contribution in [3.05, 3.63) is 149 Å². The predicted octanol–water partition coefficient (Wildman–Crippen LogP) is 8.33. The second-order valence-corrected chi connectivity index (χ2v) is 14.7. The van der Waals surface area contributed by atoms with Gasteiger partial charge in [0.05, 0.1) is 0 Å². The van der Waals surface area contributed by atoms with E-state index in [1.165, 1.54) is 54.3 Å².